The van der Waals surface area contributed by atoms with E-state index in [1.807, 2.05) is 13.8 Å². The lowest BCUT2D eigenvalue weighted by Gasteiger charge is -2.10. The lowest BCUT2D eigenvalue weighted by Crippen LogP contribution is -2.11. The van der Waals surface area contributed by atoms with Crippen LogP contribution in [0.4, 0.5) is 8.78 Å². The van der Waals surface area contributed by atoms with Crippen molar-refractivity contribution < 1.29 is 22.8 Å². The van der Waals surface area contributed by atoms with Crippen molar-refractivity contribution in [3.05, 3.63) is 71.0 Å². The van der Waals surface area contributed by atoms with E-state index in [9.17, 15) is 13.6 Å². The lowest BCUT2D eigenvalue weighted by atomic mass is 10.2. The van der Waals surface area contributed by atoms with Crippen LogP contribution in [-0.4, -0.2) is 25.7 Å². The molecule has 3 heterocycles. The number of pyridine rings is 1. The number of rotatable bonds is 7. The Morgan fingerprint density at radius 3 is 2.77 bits per heavy atom. The summed E-state index contributed by atoms with van der Waals surface area (Å²) >= 11 is 1.34. The maximum Gasteiger partial charge on any atom is 0.341 e. The molecule has 0 spiro atoms. The van der Waals surface area contributed by atoms with E-state index in [4.69, 9.17) is 9.26 Å². The number of esters is 1. The second-order valence-corrected chi connectivity index (χ2v) is 7.65. The number of alkyl halides is 2. The summed E-state index contributed by atoms with van der Waals surface area (Å²) in [5, 5.41) is 4.39. The van der Waals surface area contributed by atoms with Crippen LogP contribution in [0.2, 0.25) is 0 Å². The maximum atomic E-state index is 13.6. The number of fused-ring (bicyclic) bond motifs is 1. The molecule has 0 saturated heterocycles. The fourth-order valence-corrected chi connectivity index (χ4v) is 4.27. The van der Waals surface area contributed by atoms with Gasteiger partial charge in [-0.1, -0.05) is 17.3 Å². The quantitative estimate of drug-likeness (QED) is 0.290. The molecule has 0 aliphatic heterocycles. The van der Waals surface area contributed by atoms with Crippen molar-refractivity contribution in [2.45, 2.75) is 37.8 Å². The Morgan fingerprint density at radius 2 is 2.03 bits per heavy atom. The van der Waals surface area contributed by atoms with Crippen molar-refractivity contribution >= 4 is 28.8 Å². The minimum atomic E-state index is -2.80. The van der Waals surface area contributed by atoms with Gasteiger partial charge in [-0.2, -0.15) is 8.78 Å². The molecule has 0 aliphatic rings. The third-order valence-corrected chi connectivity index (χ3v) is 5.75. The summed E-state index contributed by atoms with van der Waals surface area (Å²) in [5.74, 6) is 0.524. The Labute approximate surface area is 180 Å². The van der Waals surface area contributed by atoms with Crippen molar-refractivity contribution in [2.75, 3.05) is 0 Å². The monoisotopic (exact) mass is 444 g/mol. The number of hydrogen-bond acceptors (Lipinski definition) is 7. The predicted octanol–water partition coefficient (Wildman–Crippen LogP) is 5.08. The molecule has 10 heteroatoms. The molecule has 0 unspecified atom stereocenters. The van der Waals surface area contributed by atoms with Crippen LogP contribution in [0.15, 0.2) is 52.1 Å². The molecule has 4 rings (SSSR count). The summed E-state index contributed by atoms with van der Waals surface area (Å²) < 4.78 is 38.4. The number of carbonyl (C=O) groups is 1. The molecule has 1 aromatic carbocycles. The molecule has 31 heavy (non-hydrogen) atoms. The summed E-state index contributed by atoms with van der Waals surface area (Å²) in [6.45, 7) is 0.467. The van der Waals surface area contributed by atoms with Gasteiger partial charge >= 0.3 is 12.5 Å². The Kier molecular flexibility index (Phi) is 5.99. The number of aryl methyl sites for hydroxylation is 2. The number of ether oxygens (including phenoxy) is 1. The van der Waals surface area contributed by atoms with Crippen molar-refractivity contribution in [3.63, 3.8) is 0 Å². The molecule has 0 N–H and O–H groups in total. The largest absolute Gasteiger partial charge is 0.454 e. The highest BCUT2D eigenvalue weighted by atomic mass is 32.2. The van der Waals surface area contributed by atoms with Crippen LogP contribution in [0.25, 0.3) is 11.0 Å². The number of hydrogen-bond donors (Lipinski definition) is 0. The molecule has 0 bridgehead atoms. The topological polar surface area (TPSA) is 83.0 Å². The molecule has 7 nitrogen and oxygen atoms in total. The first-order chi connectivity index (χ1) is 15.0. The fourth-order valence-electron chi connectivity index (χ4n) is 3.13. The van der Waals surface area contributed by atoms with Crippen molar-refractivity contribution in [1.82, 2.24) is 19.7 Å². The van der Waals surface area contributed by atoms with Crippen LogP contribution in [0, 0.1) is 13.8 Å². The number of halogens is 2. The van der Waals surface area contributed by atoms with E-state index >= 15 is 0 Å². The first-order valence-corrected chi connectivity index (χ1v) is 10.3. The van der Waals surface area contributed by atoms with Gasteiger partial charge in [-0.3, -0.25) is 4.57 Å². The second-order valence-electron chi connectivity index (χ2n) is 6.69. The van der Waals surface area contributed by atoms with Crippen molar-refractivity contribution in [2.24, 2.45) is 0 Å². The molecule has 0 aliphatic carbocycles. The molecule has 0 saturated carbocycles. The number of para-hydroxylation sites is 2. The highest BCUT2D eigenvalue weighted by molar-refractivity contribution is 7.98. The van der Waals surface area contributed by atoms with Gasteiger partial charge in [-0.25, -0.2) is 14.8 Å². The molecule has 0 fully saturated rings. The highest BCUT2D eigenvalue weighted by Gasteiger charge is 2.21. The second kappa shape index (κ2) is 8.84. The molecule has 3 aromatic heterocycles. The van der Waals surface area contributed by atoms with Gasteiger partial charge in [0.05, 0.1) is 22.3 Å². The zero-order valence-corrected chi connectivity index (χ0v) is 17.5. The minimum absolute atomic E-state index is 0.0293. The smallest absolute Gasteiger partial charge is 0.341 e. The van der Waals surface area contributed by atoms with Crippen LogP contribution in [-0.2, 0) is 17.1 Å². The van der Waals surface area contributed by atoms with Crippen LogP contribution >= 0.6 is 11.8 Å². The SMILES string of the molecule is Cc1noc(C)c1CSc1ncccc1C(=O)OCc1nc2ccccc2n1C(F)F. The van der Waals surface area contributed by atoms with Gasteiger partial charge in [0.2, 0.25) is 0 Å². The number of benzene rings is 1. The number of thioether (sulfide) groups is 1. The van der Waals surface area contributed by atoms with E-state index in [1.165, 1.54) is 11.8 Å². The number of nitrogens with zero attached hydrogens (tertiary/aromatic N) is 4. The average molecular weight is 444 g/mol. The normalized spacial score (nSPS) is 11.4. The molecular formula is C21H18F2N4O3S. The van der Waals surface area contributed by atoms with E-state index in [2.05, 4.69) is 15.1 Å². The molecule has 0 atom stereocenters. The molecule has 160 valence electrons. The standard InChI is InChI=1S/C21H18F2N4O3S/c1-12-15(13(2)30-26-12)11-31-19-14(6-5-9-24-19)20(28)29-10-18-25-16-7-3-4-8-17(16)27(18)21(22)23/h3-9,21H,10-11H2,1-2H3. The van der Waals surface area contributed by atoms with Crippen LogP contribution in [0.1, 0.15) is 39.7 Å². The lowest BCUT2D eigenvalue weighted by molar-refractivity contribution is 0.0383. The summed E-state index contributed by atoms with van der Waals surface area (Å²) in [6, 6.07) is 9.73. The zero-order valence-electron chi connectivity index (χ0n) is 16.7. The average Bonchev–Trinajstić information content (AvgIpc) is 3.30. The first-order valence-electron chi connectivity index (χ1n) is 9.36. The molecule has 4 aromatic rings. The Hall–Kier alpha value is -3.27. The molecule has 0 radical (unpaired) electrons. The van der Waals surface area contributed by atoms with Crippen LogP contribution < -0.4 is 0 Å². The van der Waals surface area contributed by atoms with E-state index < -0.39 is 12.5 Å². The first kappa shape index (κ1) is 21.0. The van der Waals surface area contributed by atoms with Gasteiger partial charge in [0.15, 0.2) is 5.82 Å². The summed E-state index contributed by atoms with van der Waals surface area (Å²) in [5.41, 5.74) is 2.64. The molecular weight excluding hydrogens is 426 g/mol. The highest BCUT2D eigenvalue weighted by Crippen LogP contribution is 2.28. The van der Waals surface area contributed by atoms with Gasteiger partial charge in [-0.15, -0.1) is 11.8 Å². The summed E-state index contributed by atoms with van der Waals surface area (Å²) in [4.78, 5) is 21.1. The number of imidazole rings is 1. The molecule has 0 amide bonds. The van der Waals surface area contributed by atoms with E-state index in [-0.39, 0.29) is 23.5 Å². The van der Waals surface area contributed by atoms with Gasteiger partial charge < -0.3 is 9.26 Å². The predicted molar refractivity (Wildman–Crippen MR) is 110 cm³/mol. The third kappa shape index (κ3) is 4.29. The van der Waals surface area contributed by atoms with Crippen molar-refractivity contribution in [1.29, 1.82) is 0 Å². The number of carbonyl (C=O) groups excluding carboxylic acids is 1. The zero-order chi connectivity index (χ0) is 22.0. The third-order valence-electron chi connectivity index (χ3n) is 4.72. The van der Waals surface area contributed by atoms with Crippen LogP contribution in [0.5, 0.6) is 0 Å². The summed E-state index contributed by atoms with van der Waals surface area (Å²) in [6.07, 6.45) is 1.57. The van der Waals surface area contributed by atoms with E-state index in [1.54, 1.807) is 42.6 Å². The van der Waals surface area contributed by atoms with Gasteiger partial charge in [0.1, 0.15) is 17.4 Å². The Morgan fingerprint density at radius 1 is 1.23 bits per heavy atom. The minimum Gasteiger partial charge on any atom is -0.454 e. The van der Waals surface area contributed by atoms with E-state index in [0.717, 1.165) is 15.8 Å². The Balaban J connectivity index is 1.51. The van der Waals surface area contributed by atoms with Gasteiger partial charge in [-0.05, 0) is 38.1 Å². The Bertz CT molecular complexity index is 1220. The maximum absolute atomic E-state index is 13.6. The number of aromatic nitrogens is 4. The van der Waals surface area contributed by atoms with Crippen molar-refractivity contribution in [3.8, 4) is 0 Å². The summed E-state index contributed by atoms with van der Waals surface area (Å²) in [7, 11) is 0. The van der Waals surface area contributed by atoms with Crippen LogP contribution in [0.3, 0.4) is 0 Å². The van der Waals surface area contributed by atoms with Gasteiger partial charge in [0.25, 0.3) is 0 Å². The fraction of sp³-hybridized carbons (Fsp3) is 0.238. The van der Waals surface area contributed by atoms with Gasteiger partial charge in [0, 0.05) is 17.5 Å². The van der Waals surface area contributed by atoms with E-state index in [0.29, 0.717) is 22.1 Å².